The number of alkyl halides is 5. The Morgan fingerprint density at radius 3 is 1.29 bits per heavy atom. The van der Waals surface area contributed by atoms with Gasteiger partial charge in [-0.1, -0.05) is 11.9 Å². The van der Waals surface area contributed by atoms with Crippen molar-refractivity contribution in [3.8, 4) is 11.9 Å². The first-order valence-electron chi connectivity index (χ1n) is 2.73. The molecule has 0 radical (unpaired) electrons. The molecule has 14 heavy (non-hydrogen) atoms. The second kappa shape index (κ2) is 4.86. The van der Waals surface area contributed by atoms with Crippen LogP contribution >= 0.6 is 0 Å². The van der Waals surface area contributed by atoms with E-state index in [2.05, 4.69) is 0 Å². The molecule has 0 aliphatic rings. The van der Waals surface area contributed by atoms with Crippen molar-refractivity contribution in [2.45, 2.75) is 12.0 Å². The van der Waals surface area contributed by atoms with Crippen LogP contribution in [0.4, 0.5) is 26.3 Å². The Kier molecular flexibility index (Phi) is 5.79. The van der Waals surface area contributed by atoms with Gasteiger partial charge >= 0.3 is 64.0 Å². The third-order valence-corrected chi connectivity index (χ3v) is 1.23. The Morgan fingerprint density at radius 2 is 1.21 bits per heavy atom. The maximum absolute atomic E-state index is 12.4. The first kappa shape index (κ1) is 16.7. The van der Waals surface area contributed by atoms with E-state index in [0.717, 1.165) is 0 Å². The van der Waals surface area contributed by atoms with Crippen LogP contribution in [0.15, 0.2) is 0 Å². The van der Waals surface area contributed by atoms with Gasteiger partial charge in [0.05, 0.1) is 0 Å². The average Bonchev–Trinajstić information content (AvgIpc) is 2.00. The summed E-state index contributed by atoms with van der Waals surface area (Å²) in [5.41, 5.74) is 0. The van der Waals surface area contributed by atoms with Crippen LogP contribution in [0.3, 0.4) is 0 Å². The Labute approximate surface area is 117 Å². The second-order valence-corrected chi connectivity index (χ2v) is 2.14. The fourth-order valence-corrected chi connectivity index (χ4v) is 0.417. The standard InChI is InChI=1S/C4BF6N2.K/c6-3(7,4(8,9)10)5(11,1-12)2-13;/q-1;+1. The molecule has 0 unspecified atom stereocenters. The number of nitrogens with zero attached hydrogens (tertiary/aromatic N) is 2. The SMILES string of the molecule is N#C[B-](F)(C#N)C(F)(F)C(F)(F)F.[K+]. The van der Waals surface area contributed by atoms with E-state index in [1.807, 2.05) is 0 Å². The van der Waals surface area contributed by atoms with Crippen LogP contribution in [-0.2, 0) is 0 Å². The summed E-state index contributed by atoms with van der Waals surface area (Å²) >= 11 is 0. The summed E-state index contributed by atoms with van der Waals surface area (Å²) in [6.45, 7) is 0. The molecule has 0 bridgehead atoms. The zero-order chi connectivity index (χ0) is 10.9. The summed E-state index contributed by atoms with van der Waals surface area (Å²) < 4.78 is 70.8. The van der Waals surface area contributed by atoms with E-state index in [1.165, 1.54) is 0 Å². The zero-order valence-electron chi connectivity index (χ0n) is 6.74. The molecule has 0 rings (SSSR count). The van der Waals surface area contributed by atoms with Crippen LogP contribution in [0, 0.1) is 22.5 Å². The van der Waals surface area contributed by atoms with Crippen LogP contribution in [-0.4, -0.2) is 18.4 Å². The largest absolute Gasteiger partial charge is 1.00 e. The van der Waals surface area contributed by atoms with Gasteiger partial charge in [-0.15, -0.1) is 0 Å². The predicted octanol–water partition coefficient (Wildman–Crippen LogP) is -1.23. The van der Waals surface area contributed by atoms with Gasteiger partial charge in [0, 0.05) is 0 Å². The van der Waals surface area contributed by atoms with Crippen molar-refractivity contribution < 1.29 is 77.7 Å². The molecule has 0 aromatic carbocycles. The molecule has 0 atom stereocenters. The van der Waals surface area contributed by atoms with E-state index in [-0.39, 0.29) is 63.3 Å². The fourth-order valence-electron chi connectivity index (χ4n) is 0.417. The molecule has 0 aliphatic heterocycles. The van der Waals surface area contributed by atoms with Crippen LogP contribution in [0.2, 0.25) is 0 Å². The molecule has 0 fully saturated rings. The van der Waals surface area contributed by atoms with E-state index in [0.29, 0.717) is 0 Å². The van der Waals surface area contributed by atoms with Gasteiger partial charge in [0.15, 0.2) is 0 Å². The summed E-state index contributed by atoms with van der Waals surface area (Å²) in [5.74, 6) is -5.85. The summed E-state index contributed by atoms with van der Waals surface area (Å²) in [4.78, 5) is 0. The molecule has 0 saturated heterocycles. The quantitative estimate of drug-likeness (QED) is 0.425. The molecule has 0 aromatic rings. The van der Waals surface area contributed by atoms with E-state index < -0.39 is 18.4 Å². The van der Waals surface area contributed by atoms with Gasteiger partial charge < -0.3 is 4.32 Å². The Hall–Kier alpha value is 0.261. The minimum atomic E-state index is -6.24. The normalized spacial score (nSPS) is 12.3. The first-order valence-corrected chi connectivity index (χ1v) is 2.73. The van der Waals surface area contributed by atoms with Crippen LogP contribution in [0.5, 0.6) is 0 Å². The minimum absolute atomic E-state index is 0. The molecule has 0 aliphatic carbocycles. The molecule has 0 spiro atoms. The van der Waals surface area contributed by atoms with Gasteiger partial charge in [0.1, 0.15) is 0 Å². The molecule has 2 nitrogen and oxygen atoms in total. The number of halogens is 6. The van der Waals surface area contributed by atoms with Crippen molar-refractivity contribution in [3.63, 3.8) is 0 Å². The second-order valence-electron chi connectivity index (χ2n) is 2.14. The molecule has 72 valence electrons. The van der Waals surface area contributed by atoms with Crippen LogP contribution < -0.4 is 51.4 Å². The van der Waals surface area contributed by atoms with Gasteiger partial charge in [-0.2, -0.15) is 13.2 Å². The number of hydrogen-bond acceptors (Lipinski definition) is 2. The number of rotatable bonds is 1. The van der Waals surface area contributed by atoms with Crippen molar-refractivity contribution in [1.82, 2.24) is 0 Å². The Morgan fingerprint density at radius 1 is 0.929 bits per heavy atom. The third kappa shape index (κ3) is 2.64. The summed E-state index contributed by atoms with van der Waals surface area (Å²) in [6.07, 6.45) is -11.8. The van der Waals surface area contributed by atoms with E-state index in [1.54, 1.807) is 0 Å². The van der Waals surface area contributed by atoms with Crippen LogP contribution in [0.1, 0.15) is 0 Å². The summed E-state index contributed by atoms with van der Waals surface area (Å²) in [7, 11) is 0. The first-order chi connectivity index (χ1) is 5.62. The molecule has 0 heterocycles. The van der Waals surface area contributed by atoms with Crippen molar-refractivity contribution in [1.29, 1.82) is 10.5 Å². The molecule has 0 aromatic heterocycles. The van der Waals surface area contributed by atoms with Gasteiger partial charge in [-0.05, 0) is 0 Å². The Balaban J connectivity index is 0. The number of hydrogen-bond donors (Lipinski definition) is 0. The average molecular weight is 240 g/mol. The molecule has 0 N–H and O–H groups in total. The predicted molar refractivity (Wildman–Crippen MR) is 29.1 cm³/mol. The molecular weight excluding hydrogens is 240 g/mol. The topological polar surface area (TPSA) is 47.6 Å². The zero-order valence-corrected chi connectivity index (χ0v) is 9.86. The van der Waals surface area contributed by atoms with Crippen molar-refractivity contribution in [3.05, 3.63) is 0 Å². The van der Waals surface area contributed by atoms with Gasteiger partial charge in [0.25, 0.3) is 5.82 Å². The van der Waals surface area contributed by atoms with E-state index >= 15 is 0 Å². The van der Waals surface area contributed by atoms with Gasteiger partial charge in [-0.3, -0.25) is 0 Å². The number of nitriles is 2. The molecule has 0 saturated carbocycles. The Bertz CT molecular complexity index is 274. The van der Waals surface area contributed by atoms with Crippen molar-refractivity contribution >= 4 is 6.42 Å². The van der Waals surface area contributed by atoms with E-state index in [4.69, 9.17) is 10.5 Å². The van der Waals surface area contributed by atoms with Crippen molar-refractivity contribution in [2.75, 3.05) is 0 Å². The smallest absolute Gasteiger partial charge is 0.476 e. The van der Waals surface area contributed by atoms with Crippen molar-refractivity contribution in [2.24, 2.45) is 0 Å². The maximum atomic E-state index is 12.4. The summed E-state index contributed by atoms with van der Waals surface area (Å²) in [5, 5.41) is 15.4. The fraction of sp³-hybridized carbons (Fsp3) is 0.500. The van der Waals surface area contributed by atoms with Gasteiger partial charge in [-0.25, -0.2) is 19.3 Å². The molecule has 0 amide bonds. The molecular formula is C4BF6KN2. The van der Waals surface area contributed by atoms with E-state index in [9.17, 15) is 26.3 Å². The summed E-state index contributed by atoms with van der Waals surface area (Å²) in [6, 6.07) is 0. The maximum Gasteiger partial charge on any atom is 1.00 e. The molecule has 10 heteroatoms. The third-order valence-electron chi connectivity index (χ3n) is 1.23. The van der Waals surface area contributed by atoms with Gasteiger partial charge in [0.2, 0.25) is 0 Å². The minimum Gasteiger partial charge on any atom is -0.476 e. The van der Waals surface area contributed by atoms with Crippen LogP contribution in [0.25, 0.3) is 0 Å². The monoisotopic (exact) mass is 240 g/mol.